The number of carbonyl (C=O) groups is 2. The van der Waals surface area contributed by atoms with E-state index in [2.05, 4.69) is 16.4 Å². The minimum Gasteiger partial charge on any atom is -0.495 e. The zero-order chi connectivity index (χ0) is 33.4. The lowest BCUT2D eigenvalue weighted by Crippen LogP contribution is -2.38. The van der Waals surface area contributed by atoms with Crippen LogP contribution in [0.25, 0.3) is 11.3 Å². The molecule has 11 nitrogen and oxygen atoms in total. The van der Waals surface area contributed by atoms with E-state index in [1.54, 1.807) is 35.4 Å². The number of anilines is 3. The van der Waals surface area contributed by atoms with Gasteiger partial charge in [-0.2, -0.15) is 5.26 Å². The number of nitrogens with zero attached hydrogens (tertiary/aromatic N) is 5. The number of ether oxygens (including phenoxy) is 2. The van der Waals surface area contributed by atoms with Crippen LogP contribution in [0.5, 0.6) is 5.75 Å². The number of carbonyl (C=O) groups excluding carboxylic acids is 2. The maximum atomic E-state index is 13.3. The Kier molecular flexibility index (Phi) is 9.16. The maximum absolute atomic E-state index is 13.3. The van der Waals surface area contributed by atoms with Gasteiger partial charge in [-0.3, -0.25) is 9.69 Å². The first-order chi connectivity index (χ1) is 21.7. The molecule has 12 heteroatoms. The van der Waals surface area contributed by atoms with Crippen LogP contribution in [0.3, 0.4) is 0 Å². The van der Waals surface area contributed by atoms with Crippen LogP contribution in [-0.4, -0.2) is 70.4 Å². The van der Waals surface area contributed by atoms with Crippen molar-refractivity contribution < 1.29 is 24.2 Å². The molecule has 1 aromatic heterocycles. The predicted octanol–water partition coefficient (Wildman–Crippen LogP) is 6.44. The third-order valence-electron chi connectivity index (χ3n) is 8.10. The standard InChI is InChI=1S/C34H39ClN6O5/c1-33(2,3)46-32(44)41-19-34(4,5)24-15-20(14-21(18-36)29(24)41)26-9-11-37-31(38-26)39-27-17-25(35)23(16-28(27)45-6)30(43)40-12-7-8-22(42)10-13-40/h9,11,14-17,22,42H,7-8,10,12-13,19H2,1-6H3,(H,37,38,39). The van der Waals surface area contributed by atoms with Crippen LogP contribution in [0.4, 0.5) is 22.1 Å². The molecule has 0 saturated carbocycles. The summed E-state index contributed by atoms with van der Waals surface area (Å²) >= 11 is 6.62. The molecule has 2 aliphatic rings. The second kappa shape index (κ2) is 12.8. The molecule has 0 bridgehead atoms. The molecule has 1 unspecified atom stereocenters. The second-order valence-electron chi connectivity index (χ2n) is 13.3. The molecule has 46 heavy (non-hydrogen) atoms. The second-order valence-corrected chi connectivity index (χ2v) is 13.7. The van der Waals surface area contributed by atoms with Crippen molar-refractivity contribution >= 4 is 40.9 Å². The van der Waals surface area contributed by atoms with Crippen molar-refractivity contribution in [3.05, 3.63) is 58.2 Å². The van der Waals surface area contributed by atoms with Gasteiger partial charge in [-0.15, -0.1) is 0 Å². The number of methoxy groups -OCH3 is 1. The fourth-order valence-electron chi connectivity index (χ4n) is 5.84. The van der Waals surface area contributed by atoms with Crippen molar-refractivity contribution in [2.45, 2.75) is 71.0 Å². The minimum absolute atomic E-state index is 0.222. The van der Waals surface area contributed by atoms with Crippen molar-refractivity contribution in [3.63, 3.8) is 0 Å². The summed E-state index contributed by atoms with van der Waals surface area (Å²) in [6.45, 7) is 10.8. The van der Waals surface area contributed by atoms with Crippen LogP contribution >= 0.6 is 11.6 Å². The van der Waals surface area contributed by atoms with Gasteiger partial charge in [0, 0.05) is 36.8 Å². The average molecular weight is 647 g/mol. The van der Waals surface area contributed by atoms with Crippen molar-refractivity contribution in [2.75, 3.05) is 37.0 Å². The molecule has 0 radical (unpaired) electrons. The van der Waals surface area contributed by atoms with Gasteiger partial charge in [-0.1, -0.05) is 25.4 Å². The van der Waals surface area contributed by atoms with E-state index in [4.69, 9.17) is 26.1 Å². The molecule has 242 valence electrons. The molecule has 3 aromatic rings. The normalized spacial score (nSPS) is 17.5. The van der Waals surface area contributed by atoms with Gasteiger partial charge in [0.1, 0.15) is 17.4 Å². The quantitative estimate of drug-likeness (QED) is 0.320. The number of halogens is 1. The van der Waals surface area contributed by atoms with Crippen LogP contribution in [0, 0.1) is 11.3 Å². The van der Waals surface area contributed by atoms with Gasteiger partial charge in [0.25, 0.3) is 5.91 Å². The van der Waals surface area contributed by atoms with Gasteiger partial charge < -0.3 is 24.8 Å². The molecule has 1 saturated heterocycles. The zero-order valence-corrected chi connectivity index (χ0v) is 27.7. The molecule has 2 N–H and O–H groups in total. The molecule has 2 amide bonds. The van der Waals surface area contributed by atoms with Crippen molar-refractivity contribution in [1.29, 1.82) is 5.26 Å². The van der Waals surface area contributed by atoms with Gasteiger partial charge in [0.05, 0.1) is 46.4 Å². The van der Waals surface area contributed by atoms with Gasteiger partial charge >= 0.3 is 6.09 Å². The Morgan fingerprint density at radius 3 is 2.63 bits per heavy atom. The predicted molar refractivity (Wildman–Crippen MR) is 176 cm³/mol. The number of aromatic nitrogens is 2. The number of nitriles is 1. The van der Waals surface area contributed by atoms with E-state index < -0.39 is 23.2 Å². The summed E-state index contributed by atoms with van der Waals surface area (Å²) in [6, 6.07) is 10.9. The van der Waals surface area contributed by atoms with E-state index >= 15 is 0 Å². The number of benzene rings is 2. The van der Waals surface area contributed by atoms with Crippen LogP contribution < -0.4 is 15.0 Å². The molecule has 3 heterocycles. The fourth-order valence-corrected chi connectivity index (χ4v) is 6.09. The Hall–Kier alpha value is -4.40. The lowest BCUT2D eigenvalue weighted by Gasteiger charge is -2.26. The summed E-state index contributed by atoms with van der Waals surface area (Å²) in [5, 5.41) is 23.5. The largest absolute Gasteiger partial charge is 0.495 e. The lowest BCUT2D eigenvalue weighted by molar-refractivity contribution is 0.0578. The molecule has 2 aromatic carbocycles. The van der Waals surface area contributed by atoms with Crippen molar-refractivity contribution in [2.24, 2.45) is 0 Å². The number of fused-ring (bicyclic) bond motifs is 1. The van der Waals surface area contributed by atoms with Gasteiger partial charge in [-0.25, -0.2) is 14.8 Å². The van der Waals surface area contributed by atoms with Crippen LogP contribution in [0.2, 0.25) is 5.02 Å². The Balaban J connectivity index is 1.44. The van der Waals surface area contributed by atoms with E-state index in [0.29, 0.717) is 78.4 Å². The first kappa shape index (κ1) is 33.0. The van der Waals surface area contributed by atoms with Crippen LogP contribution in [0.1, 0.15) is 75.4 Å². The van der Waals surface area contributed by atoms with Crippen LogP contribution in [-0.2, 0) is 10.2 Å². The maximum Gasteiger partial charge on any atom is 0.414 e. The third-order valence-corrected chi connectivity index (χ3v) is 8.41. The van der Waals surface area contributed by atoms with E-state index in [1.807, 2.05) is 40.7 Å². The Morgan fingerprint density at radius 1 is 1.17 bits per heavy atom. The van der Waals surface area contributed by atoms with Crippen LogP contribution in [0.15, 0.2) is 36.5 Å². The number of likely N-dealkylation sites (tertiary alicyclic amines) is 1. The molecular formula is C34H39ClN6O5. The van der Waals surface area contributed by atoms with E-state index in [0.717, 1.165) is 5.56 Å². The number of amides is 2. The smallest absolute Gasteiger partial charge is 0.414 e. The highest BCUT2D eigenvalue weighted by molar-refractivity contribution is 6.34. The highest BCUT2D eigenvalue weighted by atomic mass is 35.5. The molecular weight excluding hydrogens is 608 g/mol. The Morgan fingerprint density at radius 2 is 1.93 bits per heavy atom. The highest BCUT2D eigenvalue weighted by Crippen LogP contribution is 2.45. The summed E-state index contributed by atoms with van der Waals surface area (Å²) in [5.41, 5.74) is 2.62. The van der Waals surface area contributed by atoms with E-state index in [-0.39, 0.29) is 16.9 Å². The molecule has 2 aliphatic heterocycles. The summed E-state index contributed by atoms with van der Waals surface area (Å²) in [4.78, 5) is 38.8. The van der Waals surface area contributed by atoms with Crippen molar-refractivity contribution in [3.8, 4) is 23.1 Å². The molecule has 5 rings (SSSR count). The van der Waals surface area contributed by atoms with Crippen molar-refractivity contribution in [1.82, 2.24) is 14.9 Å². The number of hydrogen-bond donors (Lipinski definition) is 2. The number of aliphatic hydroxyl groups is 1. The summed E-state index contributed by atoms with van der Waals surface area (Å²) in [5.74, 6) is 0.409. The molecule has 1 fully saturated rings. The summed E-state index contributed by atoms with van der Waals surface area (Å²) < 4.78 is 11.2. The Bertz CT molecular complexity index is 1710. The van der Waals surface area contributed by atoms with E-state index in [1.165, 1.54) is 12.0 Å². The number of rotatable bonds is 5. The topological polar surface area (TPSA) is 141 Å². The number of nitrogens with one attached hydrogen (secondary N) is 1. The highest BCUT2D eigenvalue weighted by Gasteiger charge is 2.42. The third kappa shape index (κ3) is 6.88. The number of hydrogen-bond acceptors (Lipinski definition) is 9. The van der Waals surface area contributed by atoms with Gasteiger partial charge in [0.2, 0.25) is 5.95 Å². The minimum atomic E-state index is -0.679. The fraction of sp³-hybridized carbons (Fsp3) is 0.441. The molecule has 0 aliphatic carbocycles. The zero-order valence-electron chi connectivity index (χ0n) is 27.0. The van der Waals surface area contributed by atoms with E-state index in [9.17, 15) is 20.0 Å². The van der Waals surface area contributed by atoms with Gasteiger partial charge in [0.15, 0.2) is 0 Å². The Labute approximate surface area is 274 Å². The summed E-state index contributed by atoms with van der Waals surface area (Å²) in [6.07, 6.45) is 2.59. The molecule has 1 atom stereocenters. The first-order valence-electron chi connectivity index (χ1n) is 15.2. The number of aliphatic hydroxyl groups excluding tert-OH is 1. The SMILES string of the molecule is COc1cc(C(=O)N2CCCC(O)CC2)c(Cl)cc1Nc1nccc(-c2cc(C#N)c3c(c2)C(C)(C)CN3C(=O)OC(C)(C)C)n1. The van der Waals surface area contributed by atoms with Gasteiger partial charge in [-0.05, 0) is 75.9 Å². The summed E-state index contributed by atoms with van der Waals surface area (Å²) in [7, 11) is 1.50. The average Bonchev–Trinajstić information content (AvgIpc) is 3.11. The molecule has 0 spiro atoms. The lowest BCUT2D eigenvalue weighted by atomic mass is 9.85. The monoisotopic (exact) mass is 646 g/mol. The first-order valence-corrected chi connectivity index (χ1v) is 15.6.